The molecule has 1 aliphatic heterocycles. The minimum Gasteiger partial charge on any atom is -0.459 e. The van der Waals surface area contributed by atoms with Gasteiger partial charge in [-0.3, -0.25) is 4.79 Å². The highest BCUT2D eigenvalue weighted by Gasteiger charge is 2.37. The molecule has 2 rings (SSSR count). The number of likely N-dealkylation sites (tertiary alicyclic amines) is 1. The van der Waals surface area contributed by atoms with Gasteiger partial charge in [0.15, 0.2) is 0 Å². The van der Waals surface area contributed by atoms with Crippen LogP contribution >= 0.6 is 12.4 Å². The average Bonchev–Trinajstić information content (AvgIpc) is 3.01. The molecule has 2 N–H and O–H groups in total. The quantitative estimate of drug-likeness (QED) is 0.833. The molecule has 0 unspecified atom stereocenters. The summed E-state index contributed by atoms with van der Waals surface area (Å²) in [5, 5.41) is 0. The van der Waals surface area contributed by atoms with Crippen LogP contribution in [0, 0.1) is 5.92 Å². The average molecular weight is 341 g/mol. The summed E-state index contributed by atoms with van der Waals surface area (Å²) < 4.78 is 5.36. The number of nitrogens with two attached hydrogens (primary N) is 1. The van der Waals surface area contributed by atoms with Crippen molar-refractivity contribution in [2.45, 2.75) is 45.4 Å². The minimum absolute atomic E-state index is 0. The van der Waals surface area contributed by atoms with Crippen LogP contribution in [-0.2, 0) is 20.9 Å². The lowest BCUT2D eigenvalue weighted by atomic mass is 10.0. The molecule has 128 valence electrons. The Morgan fingerprint density at radius 1 is 1.30 bits per heavy atom. The van der Waals surface area contributed by atoms with E-state index in [1.807, 2.05) is 44.2 Å². The third kappa shape index (κ3) is 4.94. The fourth-order valence-corrected chi connectivity index (χ4v) is 2.58. The van der Waals surface area contributed by atoms with E-state index in [0.29, 0.717) is 13.0 Å². The fraction of sp³-hybridized carbons (Fsp3) is 0.529. The molecule has 1 fully saturated rings. The smallest absolute Gasteiger partial charge is 0.329 e. The number of carbonyl (C=O) groups excluding carboxylic acids is 2. The number of hydrogen-bond acceptors (Lipinski definition) is 4. The molecule has 1 saturated heterocycles. The van der Waals surface area contributed by atoms with Gasteiger partial charge in [-0.2, -0.15) is 0 Å². The molecular formula is C17H25ClN2O3. The van der Waals surface area contributed by atoms with E-state index in [0.717, 1.165) is 12.0 Å². The molecule has 1 aromatic carbocycles. The summed E-state index contributed by atoms with van der Waals surface area (Å²) in [7, 11) is 0. The summed E-state index contributed by atoms with van der Waals surface area (Å²) in [6, 6.07) is 8.45. The Hall–Kier alpha value is -1.59. The number of ether oxygens (including phenoxy) is 1. The van der Waals surface area contributed by atoms with E-state index in [4.69, 9.17) is 10.5 Å². The zero-order chi connectivity index (χ0) is 16.1. The van der Waals surface area contributed by atoms with Crippen molar-refractivity contribution in [1.82, 2.24) is 4.90 Å². The molecule has 6 heteroatoms. The first-order chi connectivity index (χ1) is 10.5. The molecule has 0 saturated carbocycles. The maximum atomic E-state index is 12.4. The highest BCUT2D eigenvalue weighted by molar-refractivity contribution is 5.88. The molecule has 1 aliphatic rings. The highest BCUT2D eigenvalue weighted by Crippen LogP contribution is 2.21. The fourth-order valence-electron chi connectivity index (χ4n) is 2.58. The summed E-state index contributed by atoms with van der Waals surface area (Å²) in [6.45, 7) is 4.61. The van der Waals surface area contributed by atoms with E-state index in [1.54, 1.807) is 4.90 Å². The Labute approximate surface area is 143 Å². The first kappa shape index (κ1) is 19.5. The SMILES string of the molecule is CC(C)[C@H](N)C(=O)N1CCC[C@H]1C(=O)OCc1ccccc1.Cl. The summed E-state index contributed by atoms with van der Waals surface area (Å²) in [6.07, 6.45) is 1.45. The highest BCUT2D eigenvalue weighted by atomic mass is 35.5. The van der Waals surface area contributed by atoms with Crippen molar-refractivity contribution < 1.29 is 14.3 Å². The molecule has 5 nitrogen and oxygen atoms in total. The number of amides is 1. The van der Waals surface area contributed by atoms with Crippen LogP contribution in [0.1, 0.15) is 32.3 Å². The summed E-state index contributed by atoms with van der Waals surface area (Å²) in [4.78, 5) is 26.2. The van der Waals surface area contributed by atoms with Crippen LogP contribution in [0.2, 0.25) is 0 Å². The van der Waals surface area contributed by atoms with Crippen molar-refractivity contribution in [2.24, 2.45) is 11.7 Å². The molecule has 1 amide bonds. The van der Waals surface area contributed by atoms with Crippen LogP contribution in [0.5, 0.6) is 0 Å². The van der Waals surface area contributed by atoms with Crippen LogP contribution in [-0.4, -0.2) is 35.4 Å². The second kappa shape index (κ2) is 8.89. The maximum absolute atomic E-state index is 12.4. The summed E-state index contributed by atoms with van der Waals surface area (Å²) in [5.41, 5.74) is 6.86. The Morgan fingerprint density at radius 3 is 2.57 bits per heavy atom. The molecule has 1 aromatic rings. The third-order valence-electron chi connectivity index (χ3n) is 4.04. The molecule has 0 aliphatic carbocycles. The number of hydrogen-bond donors (Lipinski definition) is 1. The van der Waals surface area contributed by atoms with Crippen molar-refractivity contribution >= 4 is 24.3 Å². The standard InChI is InChI=1S/C17H24N2O3.ClH/c1-12(2)15(18)16(20)19-10-6-9-14(19)17(21)22-11-13-7-4-3-5-8-13;/h3-5,7-8,12,14-15H,6,9-11,18H2,1-2H3;1H/t14-,15-;/m0./s1. The first-order valence-electron chi connectivity index (χ1n) is 7.77. The molecule has 0 spiro atoms. The van der Waals surface area contributed by atoms with Crippen LogP contribution in [0.3, 0.4) is 0 Å². The second-order valence-corrected chi connectivity index (χ2v) is 6.05. The van der Waals surface area contributed by atoms with Crippen molar-refractivity contribution in [2.75, 3.05) is 6.54 Å². The molecule has 2 atom stereocenters. The zero-order valence-electron chi connectivity index (χ0n) is 13.6. The Morgan fingerprint density at radius 2 is 1.96 bits per heavy atom. The van der Waals surface area contributed by atoms with E-state index in [-0.39, 0.29) is 36.8 Å². The number of rotatable bonds is 5. The van der Waals surface area contributed by atoms with Gasteiger partial charge < -0.3 is 15.4 Å². The van der Waals surface area contributed by atoms with E-state index >= 15 is 0 Å². The normalized spacial score (nSPS) is 18.4. The van der Waals surface area contributed by atoms with Gasteiger partial charge in [0.25, 0.3) is 0 Å². The Bertz CT molecular complexity index is 522. The number of halogens is 1. The summed E-state index contributed by atoms with van der Waals surface area (Å²) in [5.74, 6) is -0.450. The van der Waals surface area contributed by atoms with Gasteiger partial charge in [-0.25, -0.2) is 4.79 Å². The van der Waals surface area contributed by atoms with Crippen LogP contribution in [0.15, 0.2) is 30.3 Å². The van der Waals surface area contributed by atoms with Crippen molar-refractivity contribution in [3.63, 3.8) is 0 Å². The predicted molar refractivity (Wildman–Crippen MR) is 91.0 cm³/mol. The van der Waals surface area contributed by atoms with E-state index in [1.165, 1.54) is 0 Å². The predicted octanol–water partition coefficient (Wildman–Crippen LogP) is 2.13. The Balaban J connectivity index is 0.00000264. The van der Waals surface area contributed by atoms with Crippen molar-refractivity contribution in [3.05, 3.63) is 35.9 Å². The van der Waals surface area contributed by atoms with Gasteiger partial charge in [0.05, 0.1) is 6.04 Å². The lowest BCUT2D eigenvalue weighted by Crippen LogP contribution is -2.50. The van der Waals surface area contributed by atoms with Gasteiger partial charge in [-0.05, 0) is 24.3 Å². The molecule has 23 heavy (non-hydrogen) atoms. The van der Waals surface area contributed by atoms with Gasteiger partial charge in [0, 0.05) is 6.54 Å². The minimum atomic E-state index is -0.567. The van der Waals surface area contributed by atoms with E-state index in [9.17, 15) is 9.59 Å². The van der Waals surface area contributed by atoms with Gasteiger partial charge in [-0.1, -0.05) is 44.2 Å². The monoisotopic (exact) mass is 340 g/mol. The van der Waals surface area contributed by atoms with Gasteiger partial charge in [-0.15, -0.1) is 12.4 Å². The topological polar surface area (TPSA) is 72.6 Å². The van der Waals surface area contributed by atoms with Crippen LogP contribution < -0.4 is 5.73 Å². The number of esters is 1. The number of benzene rings is 1. The number of carbonyl (C=O) groups is 2. The summed E-state index contributed by atoms with van der Waals surface area (Å²) >= 11 is 0. The first-order valence-corrected chi connectivity index (χ1v) is 7.77. The molecule has 0 radical (unpaired) electrons. The number of nitrogens with zero attached hydrogens (tertiary/aromatic N) is 1. The van der Waals surface area contributed by atoms with E-state index in [2.05, 4.69) is 0 Å². The van der Waals surface area contributed by atoms with E-state index < -0.39 is 12.1 Å². The van der Waals surface area contributed by atoms with Crippen LogP contribution in [0.4, 0.5) is 0 Å². The molecule has 0 aromatic heterocycles. The molecule has 0 bridgehead atoms. The van der Waals surface area contributed by atoms with Gasteiger partial charge in [0.1, 0.15) is 12.6 Å². The lowest BCUT2D eigenvalue weighted by molar-refractivity contribution is -0.155. The van der Waals surface area contributed by atoms with Crippen LogP contribution in [0.25, 0.3) is 0 Å². The maximum Gasteiger partial charge on any atom is 0.329 e. The zero-order valence-corrected chi connectivity index (χ0v) is 14.4. The van der Waals surface area contributed by atoms with Crippen molar-refractivity contribution in [3.8, 4) is 0 Å². The Kier molecular flexibility index (Phi) is 7.52. The lowest BCUT2D eigenvalue weighted by Gasteiger charge is -2.27. The largest absolute Gasteiger partial charge is 0.459 e. The van der Waals surface area contributed by atoms with Gasteiger partial charge in [0.2, 0.25) is 5.91 Å². The van der Waals surface area contributed by atoms with Gasteiger partial charge >= 0.3 is 5.97 Å². The second-order valence-electron chi connectivity index (χ2n) is 6.05. The third-order valence-corrected chi connectivity index (χ3v) is 4.04. The molecular weight excluding hydrogens is 316 g/mol. The van der Waals surface area contributed by atoms with Crippen molar-refractivity contribution in [1.29, 1.82) is 0 Å². The molecule has 1 heterocycles.